The van der Waals surface area contributed by atoms with Crippen LogP contribution >= 0.6 is 0 Å². The van der Waals surface area contributed by atoms with Crippen LogP contribution in [0.25, 0.3) is 0 Å². The van der Waals surface area contributed by atoms with E-state index in [-0.39, 0.29) is 0 Å². The summed E-state index contributed by atoms with van der Waals surface area (Å²) in [7, 11) is 0. The third kappa shape index (κ3) is 10.8. The van der Waals surface area contributed by atoms with Crippen LogP contribution in [0.3, 0.4) is 0 Å². The number of phenolic OH excluding ortho intramolecular Hbond substituents is 1. The number of benzene rings is 2. The van der Waals surface area contributed by atoms with E-state index in [2.05, 4.69) is 48.2 Å². The molecule has 2 aromatic carbocycles. The maximum atomic E-state index is 9.55. The average Bonchev–Trinajstić information content (AvgIpc) is 2.68. The summed E-state index contributed by atoms with van der Waals surface area (Å²) in [4.78, 5) is 21.6. The van der Waals surface area contributed by atoms with Gasteiger partial charge in [0.25, 0.3) is 0 Å². The lowest BCUT2D eigenvalue weighted by molar-refractivity contribution is -0.134. The Morgan fingerprint density at radius 2 is 1.39 bits per heavy atom. The lowest BCUT2D eigenvalue weighted by atomic mass is 10.1. The largest absolute Gasteiger partial charge is 0.508 e. The van der Waals surface area contributed by atoms with Crippen molar-refractivity contribution in [2.45, 2.75) is 19.8 Å². The molecule has 0 saturated carbocycles. The Kier molecular flexibility index (Phi) is 10.7. The van der Waals surface area contributed by atoms with Crippen LogP contribution in [0.15, 0.2) is 66.7 Å². The van der Waals surface area contributed by atoms with Crippen LogP contribution < -0.4 is 0 Å². The monoisotopic (exact) mass is 385 g/mol. The van der Waals surface area contributed by atoms with E-state index < -0.39 is 11.9 Å². The minimum Gasteiger partial charge on any atom is -0.508 e. The lowest BCUT2D eigenvalue weighted by Crippen LogP contribution is -2.28. The zero-order valence-electron chi connectivity index (χ0n) is 16.0. The molecule has 6 nitrogen and oxygen atoms in total. The van der Waals surface area contributed by atoms with Crippen molar-refractivity contribution in [2.24, 2.45) is 0 Å². The maximum Gasteiger partial charge on any atom is 0.328 e. The number of hydrogen-bond acceptors (Lipinski definition) is 4. The zero-order chi connectivity index (χ0) is 20.8. The molecule has 0 heterocycles. The molecule has 0 saturated heterocycles. The van der Waals surface area contributed by atoms with E-state index in [0.29, 0.717) is 17.9 Å². The highest BCUT2D eigenvalue weighted by atomic mass is 16.4. The first-order chi connectivity index (χ1) is 13.4. The number of hydrogen-bond donors (Lipinski definition) is 3. The minimum absolute atomic E-state index is 0.356. The van der Waals surface area contributed by atoms with Gasteiger partial charge in [-0.05, 0) is 42.6 Å². The number of aromatic hydroxyl groups is 1. The standard InChI is InChI=1S/C18H23NO.C4H4O4/c1-2-19(13-11-16-7-4-3-5-8-16)14-12-17-9-6-10-18(20)15-17;5-3(6)1-2-4(7)8/h3-10,15,20H,2,11-14H2,1H3;1-2H,(H,5,6)(H,7,8)/b;2-1+. The van der Waals surface area contributed by atoms with E-state index in [0.717, 1.165) is 32.5 Å². The van der Waals surface area contributed by atoms with Crippen molar-refractivity contribution >= 4 is 11.9 Å². The van der Waals surface area contributed by atoms with Gasteiger partial charge >= 0.3 is 11.9 Å². The number of carbonyl (C=O) groups is 2. The third-order valence-corrected chi connectivity index (χ3v) is 4.00. The van der Waals surface area contributed by atoms with E-state index >= 15 is 0 Å². The van der Waals surface area contributed by atoms with Crippen molar-refractivity contribution in [2.75, 3.05) is 19.6 Å². The Labute approximate surface area is 165 Å². The normalized spacial score (nSPS) is 10.5. The fourth-order valence-corrected chi connectivity index (χ4v) is 2.50. The van der Waals surface area contributed by atoms with Gasteiger partial charge in [-0.15, -0.1) is 0 Å². The summed E-state index contributed by atoms with van der Waals surface area (Å²) in [5, 5.41) is 25.1. The second-order valence-corrected chi connectivity index (χ2v) is 6.10. The van der Waals surface area contributed by atoms with Gasteiger partial charge < -0.3 is 20.2 Å². The van der Waals surface area contributed by atoms with E-state index in [1.807, 2.05) is 12.1 Å². The highest BCUT2D eigenvalue weighted by molar-refractivity contribution is 5.89. The number of phenols is 1. The van der Waals surface area contributed by atoms with E-state index in [1.165, 1.54) is 11.1 Å². The number of carboxylic acid groups (broad SMARTS) is 2. The van der Waals surface area contributed by atoms with Gasteiger partial charge in [-0.2, -0.15) is 0 Å². The lowest BCUT2D eigenvalue weighted by Gasteiger charge is -2.20. The molecule has 3 N–H and O–H groups in total. The first kappa shape index (κ1) is 22.9. The van der Waals surface area contributed by atoms with Crippen LogP contribution in [0.2, 0.25) is 0 Å². The van der Waals surface area contributed by atoms with Crippen LogP contribution in [0, 0.1) is 0 Å². The number of nitrogens with zero attached hydrogens (tertiary/aromatic N) is 1. The molecule has 0 aliphatic carbocycles. The summed E-state index contributed by atoms with van der Waals surface area (Å²) in [6.45, 7) is 5.38. The van der Waals surface area contributed by atoms with Gasteiger partial charge in [-0.3, -0.25) is 0 Å². The fourth-order valence-electron chi connectivity index (χ4n) is 2.50. The Bertz CT molecular complexity index is 743. The topological polar surface area (TPSA) is 98.1 Å². The molecular formula is C22H27NO5. The Balaban J connectivity index is 0.000000416. The summed E-state index contributed by atoms with van der Waals surface area (Å²) in [6.07, 6.45) is 3.19. The first-order valence-electron chi connectivity index (χ1n) is 9.08. The predicted molar refractivity (Wildman–Crippen MR) is 108 cm³/mol. The molecule has 0 unspecified atom stereocenters. The van der Waals surface area contributed by atoms with E-state index in [9.17, 15) is 14.7 Å². The molecule has 0 aromatic heterocycles. The second kappa shape index (κ2) is 13.1. The molecule has 6 heteroatoms. The fraction of sp³-hybridized carbons (Fsp3) is 0.273. The molecule has 0 atom stereocenters. The van der Waals surface area contributed by atoms with E-state index in [4.69, 9.17) is 10.2 Å². The minimum atomic E-state index is -1.26. The molecule has 0 fully saturated rings. The van der Waals surface area contributed by atoms with Crippen LogP contribution in [-0.2, 0) is 22.4 Å². The molecule has 2 aromatic rings. The smallest absolute Gasteiger partial charge is 0.328 e. The summed E-state index contributed by atoms with van der Waals surface area (Å²) in [5.41, 5.74) is 2.59. The molecule has 28 heavy (non-hydrogen) atoms. The van der Waals surface area contributed by atoms with Crippen LogP contribution in [0.5, 0.6) is 5.75 Å². The van der Waals surface area contributed by atoms with Crippen molar-refractivity contribution in [3.63, 3.8) is 0 Å². The van der Waals surface area contributed by atoms with Crippen LogP contribution in [0.1, 0.15) is 18.1 Å². The number of rotatable bonds is 9. The zero-order valence-corrected chi connectivity index (χ0v) is 16.0. The van der Waals surface area contributed by atoms with Crippen LogP contribution in [-0.4, -0.2) is 51.8 Å². The summed E-state index contributed by atoms with van der Waals surface area (Å²) in [5.74, 6) is -2.16. The van der Waals surface area contributed by atoms with Crippen molar-refractivity contribution in [3.8, 4) is 5.75 Å². The predicted octanol–water partition coefficient (Wildman–Crippen LogP) is 3.21. The Morgan fingerprint density at radius 3 is 1.89 bits per heavy atom. The highest BCUT2D eigenvalue weighted by Gasteiger charge is 2.04. The van der Waals surface area contributed by atoms with Gasteiger partial charge in [0.1, 0.15) is 5.75 Å². The van der Waals surface area contributed by atoms with Crippen LogP contribution in [0.4, 0.5) is 0 Å². The molecule has 0 radical (unpaired) electrons. The van der Waals surface area contributed by atoms with Crippen molar-refractivity contribution in [3.05, 3.63) is 77.9 Å². The Hall–Kier alpha value is -3.12. The van der Waals surface area contributed by atoms with Gasteiger partial charge in [0.2, 0.25) is 0 Å². The molecular weight excluding hydrogens is 358 g/mol. The molecule has 150 valence electrons. The molecule has 2 rings (SSSR count). The quantitative estimate of drug-likeness (QED) is 0.574. The summed E-state index contributed by atoms with van der Waals surface area (Å²) < 4.78 is 0. The van der Waals surface area contributed by atoms with Gasteiger partial charge in [0.05, 0.1) is 0 Å². The molecule has 0 spiro atoms. The second-order valence-electron chi connectivity index (χ2n) is 6.10. The van der Waals surface area contributed by atoms with Crippen molar-refractivity contribution < 1.29 is 24.9 Å². The highest BCUT2D eigenvalue weighted by Crippen LogP contribution is 2.12. The summed E-state index contributed by atoms with van der Waals surface area (Å²) in [6, 6.07) is 18.2. The van der Waals surface area contributed by atoms with Crippen molar-refractivity contribution in [1.29, 1.82) is 0 Å². The summed E-state index contributed by atoms with van der Waals surface area (Å²) >= 11 is 0. The third-order valence-electron chi connectivity index (χ3n) is 4.00. The molecule has 0 aliphatic heterocycles. The number of aliphatic carboxylic acids is 2. The molecule has 0 aliphatic rings. The van der Waals surface area contributed by atoms with Gasteiger partial charge in [-0.1, -0.05) is 49.4 Å². The molecule has 0 bridgehead atoms. The number of likely N-dealkylation sites (N-methyl/N-ethyl adjacent to an activating group) is 1. The van der Waals surface area contributed by atoms with Gasteiger partial charge in [0.15, 0.2) is 0 Å². The Morgan fingerprint density at radius 1 is 0.857 bits per heavy atom. The number of carboxylic acids is 2. The SMILES string of the molecule is CCN(CCc1ccccc1)CCc1cccc(O)c1.O=C(O)/C=C/C(=O)O. The first-order valence-corrected chi connectivity index (χ1v) is 9.08. The molecule has 0 amide bonds. The maximum absolute atomic E-state index is 9.55. The van der Waals surface area contributed by atoms with Gasteiger partial charge in [-0.25, -0.2) is 9.59 Å². The van der Waals surface area contributed by atoms with E-state index in [1.54, 1.807) is 6.07 Å². The average molecular weight is 385 g/mol. The van der Waals surface area contributed by atoms with Gasteiger partial charge in [0, 0.05) is 25.2 Å². The van der Waals surface area contributed by atoms with Crippen molar-refractivity contribution in [1.82, 2.24) is 4.90 Å².